The van der Waals surface area contributed by atoms with Crippen molar-refractivity contribution in [3.63, 3.8) is 0 Å². The van der Waals surface area contributed by atoms with Crippen molar-refractivity contribution in [2.45, 2.75) is 77.6 Å². The number of ether oxygens (including phenoxy) is 1. The van der Waals surface area contributed by atoms with Gasteiger partial charge in [-0.2, -0.15) is 0 Å². The molecule has 5 heteroatoms. The van der Waals surface area contributed by atoms with Crippen LogP contribution in [0.1, 0.15) is 83.2 Å². The molecule has 0 saturated carbocycles. The molecule has 33 heavy (non-hydrogen) atoms. The first-order chi connectivity index (χ1) is 16.3. The molecule has 0 saturated heterocycles. The van der Waals surface area contributed by atoms with Crippen molar-refractivity contribution in [3.05, 3.63) is 52.9 Å². The van der Waals surface area contributed by atoms with Gasteiger partial charge in [-0.25, -0.2) is 0 Å². The van der Waals surface area contributed by atoms with Crippen molar-refractivity contribution in [3.8, 4) is 17.1 Å². The van der Waals surface area contributed by atoms with E-state index in [-0.39, 0.29) is 0 Å². The van der Waals surface area contributed by atoms with E-state index < -0.39 is 0 Å². The Kier molecular flexibility index (Phi) is 11.0. The molecular weight excluding hydrogens is 410 g/mol. The Morgan fingerprint density at radius 3 is 2.27 bits per heavy atom. The third-order valence-corrected chi connectivity index (χ3v) is 5.92. The van der Waals surface area contributed by atoms with E-state index in [0.717, 1.165) is 47.4 Å². The van der Waals surface area contributed by atoms with Crippen molar-refractivity contribution < 1.29 is 9.84 Å². The van der Waals surface area contributed by atoms with E-state index in [1.807, 2.05) is 12.3 Å². The minimum atomic E-state index is 0.339. The van der Waals surface area contributed by atoms with Gasteiger partial charge in [0.15, 0.2) is 0 Å². The largest absolute Gasteiger partial charge is 0.491 e. The Morgan fingerprint density at radius 2 is 1.58 bits per heavy atom. The minimum absolute atomic E-state index is 0.339. The first-order valence-electron chi connectivity index (χ1n) is 12.8. The summed E-state index contributed by atoms with van der Waals surface area (Å²) in [5, 5.41) is 11.0. The molecule has 3 rings (SSSR count). The van der Waals surface area contributed by atoms with Gasteiger partial charge in [0.1, 0.15) is 5.75 Å². The lowest BCUT2D eigenvalue weighted by molar-refractivity contribution is 0.282. The molecule has 0 radical (unpaired) electrons. The lowest BCUT2D eigenvalue weighted by Gasteiger charge is -2.02. The van der Waals surface area contributed by atoms with E-state index in [1.54, 1.807) is 0 Å². The summed E-state index contributed by atoms with van der Waals surface area (Å²) in [7, 11) is 0. The number of aliphatic hydroxyl groups excluding tert-OH is 1. The summed E-state index contributed by atoms with van der Waals surface area (Å²) in [5.74, 6) is 0.884. The van der Waals surface area contributed by atoms with Crippen molar-refractivity contribution >= 4 is 12.2 Å². The van der Waals surface area contributed by atoms with Gasteiger partial charge < -0.3 is 24.8 Å². The average Bonchev–Trinajstić information content (AvgIpc) is 3.58. The van der Waals surface area contributed by atoms with E-state index in [1.165, 1.54) is 56.7 Å². The van der Waals surface area contributed by atoms with Gasteiger partial charge in [0.2, 0.25) is 0 Å². The predicted molar refractivity (Wildman–Crippen MR) is 138 cm³/mol. The van der Waals surface area contributed by atoms with Crippen LogP contribution in [-0.4, -0.2) is 33.3 Å². The Morgan fingerprint density at radius 1 is 0.848 bits per heavy atom. The summed E-state index contributed by atoms with van der Waals surface area (Å²) < 4.78 is 5.98. The number of hydrogen-bond donors (Lipinski definition) is 4. The molecule has 4 N–H and O–H groups in total. The number of aromatic nitrogens is 3. The zero-order valence-electron chi connectivity index (χ0n) is 20.2. The highest BCUT2D eigenvalue weighted by molar-refractivity contribution is 5.65. The van der Waals surface area contributed by atoms with Gasteiger partial charge in [-0.05, 0) is 56.0 Å². The van der Waals surface area contributed by atoms with Crippen molar-refractivity contribution in [2.75, 3.05) is 13.2 Å². The van der Waals surface area contributed by atoms with Crippen LogP contribution < -0.4 is 15.4 Å². The van der Waals surface area contributed by atoms with E-state index in [9.17, 15) is 0 Å². The fraction of sp³-hybridized carbons (Fsp3) is 0.500. The summed E-state index contributed by atoms with van der Waals surface area (Å²) in [6.45, 7) is 3.17. The van der Waals surface area contributed by atoms with Crippen LogP contribution in [0.25, 0.3) is 23.5 Å². The van der Waals surface area contributed by atoms with Crippen LogP contribution in [0.4, 0.5) is 0 Å². The lowest BCUT2D eigenvalue weighted by Crippen LogP contribution is -2.09. The van der Waals surface area contributed by atoms with E-state index in [0.29, 0.717) is 13.2 Å². The van der Waals surface area contributed by atoms with Crippen LogP contribution in [0, 0.1) is 0 Å². The predicted octanol–water partition coefficient (Wildman–Crippen LogP) is 5.63. The first-order valence-corrected chi connectivity index (χ1v) is 12.8. The molecule has 5 nitrogen and oxygen atoms in total. The fourth-order valence-corrected chi connectivity index (χ4v) is 4.07. The number of rotatable bonds is 16. The van der Waals surface area contributed by atoms with Crippen LogP contribution in [0.3, 0.4) is 0 Å². The first kappa shape index (κ1) is 25.0. The molecule has 0 aliphatic carbocycles. The lowest BCUT2D eigenvalue weighted by atomic mass is 10.1. The Bertz CT molecular complexity index is 1010. The molecule has 0 aliphatic rings. The molecule has 3 aromatic rings. The fourth-order valence-electron chi connectivity index (χ4n) is 4.07. The molecular formula is C28H41N3O2. The summed E-state index contributed by atoms with van der Waals surface area (Å²) in [4.78, 5) is 10.3. The molecule has 3 heterocycles. The van der Waals surface area contributed by atoms with Crippen LogP contribution in [0.15, 0.2) is 36.5 Å². The molecule has 0 aliphatic heterocycles. The maximum atomic E-state index is 8.80. The standard InChI is InChI=1S/C28H41N3O2/c1-2-20-33-28-22-26(25-15-13-18-29-25)31-27(28)21-24-17-16-23(30-24)14-11-9-7-5-3-4-6-8-10-12-19-32/h13-18,21-22,29-32H,2-12,19-20H2,1H3. The highest BCUT2D eigenvalue weighted by Crippen LogP contribution is 2.27. The Hall–Kier alpha value is -2.66. The Balaban J connectivity index is 1.49. The highest BCUT2D eigenvalue weighted by Gasteiger charge is 2.09. The molecule has 0 amide bonds. The van der Waals surface area contributed by atoms with Crippen molar-refractivity contribution in [1.29, 1.82) is 0 Å². The minimum Gasteiger partial charge on any atom is -0.491 e. The van der Waals surface area contributed by atoms with Crippen molar-refractivity contribution in [1.82, 2.24) is 15.0 Å². The molecule has 3 aromatic heterocycles. The zero-order valence-corrected chi connectivity index (χ0v) is 20.2. The van der Waals surface area contributed by atoms with Crippen molar-refractivity contribution in [2.24, 2.45) is 0 Å². The highest BCUT2D eigenvalue weighted by atomic mass is 16.5. The van der Waals surface area contributed by atoms with Crippen LogP contribution in [-0.2, 0) is 0 Å². The number of aliphatic hydroxyl groups is 1. The topological polar surface area (TPSA) is 76.8 Å². The second-order valence-electron chi connectivity index (χ2n) is 8.80. The van der Waals surface area contributed by atoms with Crippen LogP contribution >= 0.6 is 0 Å². The molecule has 0 fully saturated rings. The van der Waals surface area contributed by atoms with Gasteiger partial charge >= 0.3 is 0 Å². The number of hydrogen-bond acceptors (Lipinski definition) is 2. The summed E-state index contributed by atoms with van der Waals surface area (Å²) >= 11 is 0. The summed E-state index contributed by atoms with van der Waals surface area (Å²) in [6, 6.07) is 10.4. The third kappa shape index (κ3) is 8.65. The third-order valence-electron chi connectivity index (χ3n) is 5.92. The van der Waals surface area contributed by atoms with Crippen LogP contribution in [0.2, 0.25) is 0 Å². The molecule has 0 bridgehead atoms. The van der Waals surface area contributed by atoms with E-state index in [4.69, 9.17) is 9.84 Å². The maximum Gasteiger partial charge on any atom is 0.144 e. The average molecular weight is 452 g/mol. The quantitative estimate of drug-likeness (QED) is 0.213. The normalized spacial score (nSPS) is 12.7. The second kappa shape index (κ2) is 14.5. The smallest absolute Gasteiger partial charge is 0.144 e. The summed E-state index contributed by atoms with van der Waals surface area (Å²) in [5.41, 5.74) is 3.07. The van der Waals surface area contributed by atoms with Gasteiger partial charge in [0.05, 0.1) is 23.7 Å². The molecule has 180 valence electrons. The molecule has 0 spiro atoms. The SMILES string of the molecule is CCCOc1cc(-c2ccc[nH]2)[nH]c1C=c1ccc(=CCCCCCCCCCCCO)[nH]1. The number of H-pyrrole nitrogens is 3. The molecule has 0 atom stereocenters. The molecule has 0 unspecified atom stereocenters. The number of unbranched alkanes of at least 4 members (excludes halogenated alkanes) is 9. The number of aromatic amines is 3. The van der Waals surface area contributed by atoms with Gasteiger partial charge in [0.25, 0.3) is 0 Å². The van der Waals surface area contributed by atoms with Gasteiger partial charge in [-0.1, -0.05) is 57.9 Å². The zero-order chi connectivity index (χ0) is 23.1. The maximum absolute atomic E-state index is 8.80. The van der Waals surface area contributed by atoms with E-state index in [2.05, 4.69) is 58.3 Å². The number of nitrogens with one attached hydrogen (secondary N) is 3. The van der Waals surface area contributed by atoms with Gasteiger partial charge in [-0.15, -0.1) is 0 Å². The summed E-state index contributed by atoms with van der Waals surface area (Å²) in [6.07, 6.45) is 19.7. The van der Waals surface area contributed by atoms with Gasteiger partial charge in [0, 0.05) is 29.6 Å². The second-order valence-corrected chi connectivity index (χ2v) is 8.80. The monoisotopic (exact) mass is 451 g/mol. The molecule has 0 aromatic carbocycles. The Labute approximate surface area is 198 Å². The van der Waals surface area contributed by atoms with E-state index >= 15 is 0 Å². The van der Waals surface area contributed by atoms with Gasteiger partial charge in [-0.3, -0.25) is 0 Å². The van der Waals surface area contributed by atoms with Crippen LogP contribution in [0.5, 0.6) is 5.75 Å².